The molecule has 0 spiro atoms. The Balaban J connectivity index is 2.56. The molecule has 0 bridgehead atoms. The average Bonchev–Trinajstić information content (AvgIpc) is 2.03. The van der Waals surface area contributed by atoms with Crippen LogP contribution in [0.4, 0.5) is 0 Å². The standard InChI is InChI=1S/C9H15N3S/c1-7-6-8(2)12-9(11-7)13-5-3-4-10/h6H,3-5,10H2,1-2H3. The molecule has 1 aromatic heterocycles. The van der Waals surface area contributed by atoms with Crippen LogP contribution in [0.15, 0.2) is 11.2 Å². The van der Waals surface area contributed by atoms with Gasteiger partial charge in [0.1, 0.15) is 0 Å². The van der Waals surface area contributed by atoms with Gasteiger partial charge in [-0.1, -0.05) is 11.8 Å². The van der Waals surface area contributed by atoms with E-state index in [2.05, 4.69) is 9.97 Å². The van der Waals surface area contributed by atoms with Gasteiger partial charge in [0.05, 0.1) is 0 Å². The van der Waals surface area contributed by atoms with E-state index >= 15 is 0 Å². The van der Waals surface area contributed by atoms with Crippen molar-refractivity contribution in [1.82, 2.24) is 9.97 Å². The maximum atomic E-state index is 5.40. The van der Waals surface area contributed by atoms with E-state index in [-0.39, 0.29) is 0 Å². The van der Waals surface area contributed by atoms with Crippen LogP contribution in [-0.2, 0) is 0 Å². The molecule has 0 aliphatic rings. The number of nitrogens with two attached hydrogens (primary N) is 1. The number of aryl methyl sites for hydroxylation is 2. The van der Waals surface area contributed by atoms with Crippen LogP contribution in [0.3, 0.4) is 0 Å². The zero-order valence-corrected chi connectivity index (χ0v) is 8.90. The molecule has 72 valence electrons. The zero-order chi connectivity index (χ0) is 9.68. The normalized spacial score (nSPS) is 10.4. The molecule has 0 radical (unpaired) electrons. The predicted molar refractivity (Wildman–Crippen MR) is 55.9 cm³/mol. The first kappa shape index (κ1) is 10.5. The molecule has 1 heterocycles. The Labute approximate surface area is 83.2 Å². The second kappa shape index (κ2) is 5.19. The van der Waals surface area contributed by atoms with Crippen LogP contribution in [0.1, 0.15) is 17.8 Å². The first-order valence-electron chi connectivity index (χ1n) is 4.37. The Bertz CT molecular complexity index is 255. The Hall–Kier alpha value is -0.610. The summed E-state index contributed by atoms with van der Waals surface area (Å²) in [6.45, 7) is 4.71. The molecule has 0 aromatic carbocycles. The number of nitrogens with zero attached hydrogens (tertiary/aromatic N) is 2. The van der Waals surface area contributed by atoms with Crippen molar-refractivity contribution in [2.75, 3.05) is 12.3 Å². The van der Waals surface area contributed by atoms with Crippen molar-refractivity contribution < 1.29 is 0 Å². The maximum absolute atomic E-state index is 5.40. The highest BCUT2D eigenvalue weighted by Crippen LogP contribution is 2.14. The van der Waals surface area contributed by atoms with Gasteiger partial charge in [0.25, 0.3) is 0 Å². The van der Waals surface area contributed by atoms with Gasteiger partial charge in [-0.15, -0.1) is 0 Å². The van der Waals surface area contributed by atoms with Gasteiger partial charge in [-0.2, -0.15) is 0 Å². The van der Waals surface area contributed by atoms with Gasteiger partial charge >= 0.3 is 0 Å². The number of hydrogen-bond acceptors (Lipinski definition) is 4. The quantitative estimate of drug-likeness (QED) is 0.452. The lowest BCUT2D eigenvalue weighted by atomic mass is 10.4. The van der Waals surface area contributed by atoms with Crippen LogP contribution in [-0.4, -0.2) is 22.3 Å². The molecular formula is C9H15N3S. The van der Waals surface area contributed by atoms with E-state index in [9.17, 15) is 0 Å². The van der Waals surface area contributed by atoms with Crippen molar-refractivity contribution in [3.63, 3.8) is 0 Å². The van der Waals surface area contributed by atoms with Crippen molar-refractivity contribution in [2.45, 2.75) is 25.4 Å². The second-order valence-corrected chi connectivity index (χ2v) is 3.99. The Morgan fingerprint density at radius 3 is 2.46 bits per heavy atom. The Morgan fingerprint density at radius 2 is 1.92 bits per heavy atom. The minimum atomic E-state index is 0.734. The summed E-state index contributed by atoms with van der Waals surface area (Å²) in [6.07, 6.45) is 1.01. The average molecular weight is 197 g/mol. The lowest BCUT2D eigenvalue weighted by Gasteiger charge is -2.01. The molecule has 13 heavy (non-hydrogen) atoms. The van der Waals surface area contributed by atoms with Crippen molar-refractivity contribution in [2.24, 2.45) is 5.73 Å². The molecule has 0 atom stereocenters. The van der Waals surface area contributed by atoms with Gasteiger partial charge in [0.15, 0.2) is 5.16 Å². The summed E-state index contributed by atoms with van der Waals surface area (Å²) in [5.74, 6) is 0.999. The van der Waals surface area contributed by atoms with Crippen LogP contribution in [0, 0.1) is 13.8 Å². The fourth-order valence-electron chi connectivity index (χ4n) is 1.00. The minimum absolute atomic E-state index is 0.734. The highest BCUT2D eigenvalue weighted by molar-refractivity contribution is 7.99. The Morgan fingerprint density at radius 1 is 1.31 bits per heavy atom. The summed E-state index contributed by atoms with van der Waals surface area (Å²) in [5, 5.41) is 0.867. The molecule has 4 heteroatoms. The summed E-state index contributed by atoms with van der Waals surface area (Å²) in [6, 6.07) is 1.98. The molecule has 0 saturated heterocycles. The molecule has 0 amide bonds. The van der Waals surface area contributed by atoms with E-state index in [1.165, 1.54) is 0 Å². The summed E-state index contributed by atoms with van der Waals surface area (Å²) in [7, 11) is 0. The molecule has 3 nitrogen and oxygen atoms in total. The fraction of sp³-hybridized carbons (Fsp3) is 0.556. The van der Waals surface area contributed by atoms with Crippen molar-refractivity contribution in [3.8, 4) is 0 Å². The number of thioether (sulfide) groups is 1. The van der Waals surface area contributed by atoms with E-state index in [1.54, 1.807) is 11.8 Å². The lowest BCUT2D eigenvalue weighted by molar-refractivity contribution is 0.891. The van der Waals surface area contributed by atoms with E-state index in [1.807, 2.05) is 19.9 Å². The third-order valence-electron chi connectivity index (χ3n) is 1.54. The van der Waals surface area contributed by atoms with Crippen LogP contribution < -0.4 is 5.73 Å². The SMILES string of the molecule is Cc1cc(C)nc(SCCCN)n1. The lowest BCUT2D eigenvalue weighted by Crippen LogP contribution is -2.00. The fourth-order valence-corrected chi connectivity index (χ4v) is 1.92. The molecule has 0 saturated carbocycles. The van der Waals surface area contributed by atoms with Gasteiger partial charge in [-0.3, -0.25) is 0 Å². The van der Waals surface area contributed by atoms with E-state index in [4.69, 9.17) is 5.73 Å². The smallest absolute Gasteiger partial charge is 0.187 e. The van der Waals surface area contributed by atoms with E-state index in [0.29, 0.717) is 0 Å². The predicted octanol–water partition coefficient (Wildman–Crippen LogP) is 1.53. The molecule has 0 aliphatic carbocycles. The van der Waals surface area contributed by atoms with Gasteiger partial charge in [-0.25, -0.2) is 9.97 Å². The summed E-state index contributed by atoms with van der Waals surface area (Å²) in [4.78, 5) is 8.63. The summed E-state index contributed by atoms with van der Waals surface area (Å²) >= 11 is 1.67. The van der Waals surface area contributed by atoms with Gasteiger partial charge in [0, 0.05) is 17.1 Å². The van der Waals surface area contributed by atoms with Crippen molar-refractivity contribution >= 4 is 11.8 Å². The monoisotopic (exact) mass is 197 g/mol. The molecule has 1 rings (SSSR count). The first-order chi connectivity index (χ1) is 6.22. The van der Waals surface area contributed by atoms with Crippen molar-refractivity contribution in [1.29, 1.82) is 0 Å². The first-order valence-corrected chi connectivity index (χ1v) is 5.36. The molecular weight excluding hydrogens is 182 g/mol. The minimum Gasteiger partial charge on any atom is -0.330 e. The van der Waals surface area contributed by atoms with Gasteiger partial charge in [-0.05, 0) is 32.9 Å². The van der Waals surface area contributed by atoms with Crippen molar-refractivity contribution in [3.05, 3.63) is 17.5 Å². The van der Waals surface area contributed by atoms with E-state index < -0.39 is 0 Å². The topological polar surface area (TPSA) is 51.8 Å². The van der Waals surface area contributed by atoms with Gasteiger partial charge < -0.3 is 5.73 Å². The number of hydrogen-bond donors (Lipinski definition) is 1. The number of aromatic nitrogens is 2. The van der Waals surface area contributed by atoms with Crippen LogP contribution in [0.5, 0.6) is 0 Å². The maximum Gasteiger partial charge on any atom is 0.187 e. The molecule has 2 N–H and O–H groups in total. The molecule has 0 unspecified atom stereocenters. The summed E-state index contributed by atoms with van der Waals surface area (Å²) < 4.78 is 0. The third-order valence-corrected chi connectivity index (χ3v) is 2.47. The number of rotatable bonds is 4. The zero-order valence-electron chi connectivity index (χ0n) is 8.08. The summed E-state index contributed by atoms with van der Waals surface area (Å²) in [5.41, 5.74) is 7.46. The van der Waals surface area contributed by atoms with Crippen LogP contribution in [0.2, 0.25) is 0 Å². The molecule has 0 fully saturated rings. The molecule has 1 aromatic rings. The highest BCUT2D eigenvalue weighted by atomic mass is 32.2. The van der Waals surface area contributed by atoms with Gasteiger partial charge in [0.2, 0.25) is 0 Å². The van der Waals surface area contributed by atoms with Crippen LogP contribution in [0.25, 0.3) is 0 Å². The Kier molecular flexibility index (Phi) is 4.18. The largest absolute Gasteiger partial charge is 0.330 e. The molecule has 0 aliphatic heterocycles. The third kappa shape index (κ3) is 3.74. The van der Waals surface area contributed by atoms with Crippen LogP contribution >= 0.6 is 11.8 Å². The van der Waals surface area contributed by atoms with E-state index in [0.717, 1.165) is 35.3 Å². The second-order valence-electron chi connectivity index (χ2n) is 2.92. The highest BCUT2D eigenvalue weighted by Gasteiger charge is 1.99.